The molecule has 0 aliphatic rings. The van der Waals surface area contributed by atoms with Crippen molar-refractivity contribution in [2.24, 2.45) is 7.05 Å². The minimum atomic E-state index is -0.952. The lowest BCUT2D eigenvalue weighted by atomic mass is 10.0. The molecule has 0 amide bonds. The van der Waals surface area contributed by atoms with Crippen LogP contribution < -0.4 is 0 Å². The lowest BCUT2D eigenvalue weighted by Crippen LogP contribution is -2.03. The highest BCUT2D eigenvalue weighted by atomic mass is 16.4. The van der Waals surface area contributed by atoms with Crippen LogP contribution in [0.5, 0.6) is 0 Å². The number of nitrogens with zero attached hydrogens (tertiary/aromatic N) is 3. The summed E-state index contributed by atoms with van der Waals surface area (Å²) in [6.07, 6.45) is 1.67. The average Bonchev–Trinajstić information content (AvgIpc) is 2.84. The number of aromatic carboxylic acids is 1. The van der Waals surface area contributed by atoms with Crippen LogP contribution in [0.2, 0.25) is 0 Å². The number of carboxylic acid groups (broad SMARTS) is 1. The number of aromatic nitrogens is 3. The maximum atomic E-state index is 11.5. The summed E-state index contributed by atoms with van der Waals surface area (Å²) in [7, 11) is 1.81. The maximum Gasteiger partial charge on any atom is 0.336 e. The highest BCUT2D eigenvalue weighted by molar-refractivity contribution is 6.04. The van der Waals surface area contributed by atoms with Crippen LogP contribution in [0.1, 0.15) is 15.9 Å². The number of hydrogen-bond acceptors (Lipinski definition) is 3. The molecule has 1 aromatic carbocycles. The van der Waals surface area contributed by atoms with E-state index in [9.17, 15) is 9.90 Å². The van der Waals surface area contributed by atoms with Crippen molar-refractivity contribution in [3.63, 3.8) is 0 Å². The number of aryl methyl sites for hydroxylation is 2. The second kappa shape index (κ2) is 4.45. The number of pyridine rings is 1. The summed E-state index contributed by atoms with van der Waals surface area (Å²) in [5.74, 6) is -0.952. The quantitative estimate of drug-likeness (QED) is 0.775. The van der Waals surface area contributed by atoms with Crippen molar-refractivity contribution < 1.29 is 9.90 Å². The first-order valence-corrected chi connectivity index (χ1v) is 6.20. The zero-order chi connectivity index (χ0) is 14.3. The van der Waals surface area contributed by atoms with Gasteiger partial charge in [-0.1, -0.05) is 18.2 Å². The predicted molar refractivity (Wildman–Crippen MR) is 75.6 cm³/mol. The molecule has 3 aromatic rings. The van der Waals surface area contributed by atoms with E-state index in [0.29, 0.717) is 16.6 Å². The molecule has 20 heavy (non-hydrogen) atoms. The van der Waals surface area contributed by atoms with Crippen LogP contribution in [0.25, 0.3) is 22.3 Å². The Morgan fingerprint density at radius 2 is 2.10 bits per heavy atom. The van der Waals surface area contributed by atoms with E-state index in [0.717, 1.165) is 11.3 Å². The van der Waals surface area contributed by atoms with Gasteiger partial charge in [0.15, 0.2) is 0 Å². The van der Waals surface area contributed by atoms with Crippen LogP contribution in [0.15, 0.2) is 36.5 Å². The fraction of sp³-hybridized carbons (Fsp3) is 0.133. The molecule has 0 bridgehead atoms. The lowest BCUT2D eigenvalue weighted by molar-refractivity contribution is 0.0699. The van der Waals surface area contributed by atoms with Gasteiger partial charge in [0.1, 0.15) is 0 Å². The number of para-hydroxylation sites is 1. The van der Waals surface area contributed by atoms with E-state index in [4.69, 9.17) is 0 Å². The topological polar surface area (TPSA) is 68.0 Å². The molecule has 0 unspecified atom stereocenters. The van der Waals surface area contributed by atoms with Crippen LogP contribution in [-0.4, -0.2) is 25.8 Å². The monoisotopic (exact) mass is 267 g/mol. The number of benzene rings is 1. The van der Waals surface area contributed by atoms with E-state index in [-0.39, 0.29) is 5.56 Å². The molecule has 100 valence electrons. The first kappa shape index (κ1) is 12.3. The molecule has 0 aliphatic heterocycles. The number of rotatable bonds is 2. The molecule has 5 nitrogen and oxygen atoms in total. The van der Waals surface area contributed by atoms with Crippen molar-refractivity contribution >= 4 is 16.9 Å². The Kier molecular flexibility index (Phi) is 2.75. The van der Waals surface area contributed by atoms with Gasteiger partial charge in [-0.15, -0.1) is 0 Å². The van der Waals surface area contributed by atoms with Gasteiger partial charge in [0.2, 0.25) is 0 Å². The average molecular weight is 267 g/mol. The molecule has 0 radical (unpaired) electrons. The van der Waals surface area contributed by atoms with E-state index in [2.05, 4.69) is 10.1 Å². The minimum absolute atomic E-state index is 0.259. The smallest absolute Gasteiger partial charge is 0.336 e. The molecule has 3 rings (SSSR count). The molecule has 0 atom stereocenters. The first-order valence-electron chi connectivity index (χ1n) is 6.20. The summed E-state index contributed by atoms with van der Waals surface area (Å²) in [5.41, 5.74) is 3.33. The van der Waals surface area contributed by atoms with E-state index in [1.165, 1.54) is 0 Å². The molecule has 5 heteroatoms. The normalized spacial score (nSPS) is 10.9. The van der Waals surface area contributed by atoms with Gasteiger partial charge in [0.25, 0.3) is 0 Å². The van der Waals surface area contributed by atoms with Gasteiger partial charge in [-0.3, -0.25) is 4.68 Å². The SMILES string of the molecule is Cc1cccc2c(C(=O)O)cc(-c3ccnn3C)nc12. The Labute approximate surface area is 115 Å². The molecule has 2 aromatic heterocycles. The highest BCUT2D eigenvalue weighted by Crippen LogP contribution is 2.26. The standard InChI is InChI=1S/C15H13N3O2/c1-9-4-3-5-10-11(15(19)20)8-12(17-14(9)10)13-6-7-16-18(13)2/h3-8H,1-2H3,(H,19,20). The second-order valence-corrected chi connectivity index (χ2v) is 4.67. The maximum absolute atomic E-state index is 11.5. The van der Waals surface area contributed by atoms with Crippen molar-refractivity contribution in [1.29, 1.82) is 0 Å². The Hall–Kier alpha value is -2.69. The van der Waals surface area contributed by atoms with Gasteiger partial charge in [-0.25, -0.2) is 9.78 Å². The summed E-state index contributed by atoms with van der Waals surface area (Å²) >= 11 is 0. The number of carboxylic acids is 1. The summed E-state index contributed by atoms with van der Waals surface area (Å²) < 4.78 is 1.68. The number of carbonyl (C=O) groups is 1. The van der Waals surface area contributed by atoms with E-state index >= 15 is 0 Å². The van der Waals surface area contributed by atoms with Crippen molar-refractivity contribution in [3.8, 4) is 11.4 Å². The van der Waals surface area contributed by atoms with Crippen LogP contribution >= 0.6 is 0 Å². The number of hydrogen-bond donors (Lipinski definition) is 1. The third-order valence-corrected chi connectivity index (χ3v) is 3.35. The minimum Gasteiger partial charge on any atom is -0.478 e. The molecule has 2 heterocycles. The molecule has 0 spiro atoms. The lowest BCUT2D eigenvalue weighted by Gasteiger charge is -2.09. The van der Waals surface area contributed by atoms with Crippen molar-refractivity contribution in [3.05, 3.63) is 47.7 Å². The third kappa shape index (κ3) is 1.84. The van der Waals surface area contributed by atoms with Gasteiger partial charge < -0.3 is 5.11 Å². The van der Waals surface area contributed by atoms with Gasteiger partial charge in [0, 0.05) is 18.6 Å². The van der Waals surface area contributed by atoms with Crippen LogP contribution in [0.4, 0.5) is 0 Å². The van der Waals surface area contributed by atoms with Gasteiger partial charge >= 0.3 is 5.97 Å². The zero-order valence-electron chi connectivity index (χ0n) is 11.2. The Morgan fingerprint density at radius 3 is 2.75 bits per heavy atom. The van der Waals surface area contributed by atoms with Gasteiger partial charge in [0.05, 0.1) is 22.5 Å². The van der Waals surface area contributed by atoms with E-state index in [1.807, 2.05) is 25.1 Å². The summed E-state index contributed by atoms with van der Waals surface area (Å²) in [6, 6.07) is 8.97. The van der Waals surface area contributed by atoms with E-state index in [1.54, 1.807) is 30.1 Å². The number of fused-ring (bicyclic) bond motifs is 1. The molecular weight excluding hydrogens is 254 g/mol. The fourth-order valence-corrected chi connectivity index (χ4v) is 2.33. The molecule has 0 saturated heterocycles. The highest BCUT2D eigenvalue weighted by Gasteiger charge is 2.15. The van der Waals surface area contributed by atoms with Crippen LogP contribution in [0.3, 0.4) is 0 Å². The summed E-state index contributed by atoms with van der Waals surface area (Å²) in [4.78, 5) is 16.1. The molecule has 1 N–H and O–H groups in total. The molecule has 0 aliphatic carbocycles. The van der Waals surface area contributed by atoms with E-state index < -0.39 is 5.97 Å². The Bertz CT molecular complexity index is 821. The molecular formula is C15H13N3O2. The first-order chi connectivity index (χ1) is 9.58. The summed E-state index contributed by atoms with van der Waals surface area (Å²) in [5, 5.41) is 14.2. The Balaban J connectivity index is 2.39. The summed E-state index contributed by atoms with van der Waals surface area (Å²) in [6.45, 7) is 1.92. The largest absolute Gasteiger partial charge is 0.478 e. The van der Waals surface area contributed by atoms with Crippen LogP contribution in [0, 0.1) is 6.92 Å². The second-order valence-electron chi connectivity index (χ2n) is 4.67. The van der Waals surface area contributed by atoms with Crippen molar-refractivity contribution in [1.82, 2.24) is 14.8 Å². The van der Waals surface area contributed by atoms with Crippen molar-refractivity contribution in [2.75, 3.05) is 0 Å². The Morgan fingerprint density at radius 1 is 1.30 bits per heavy atom. The van der Waals surface area contributed by atoms with Crippen LogP contribution in [-0.2, 0) is 7.05 Å². The third-order valence-electron chi connectivity index (χ3n) is 3.35. The fourth-order valence-electron chi connectivity index (χ4n) is 2.33. The van der Waals surface area contributed by atoms with Crippen molar-refractivity contribution in [2.45, 2.75) is 6.92 Å². The van der Waals surface area contributed by atoms with Gasteiger partial charge in [-0.2, -0.15) is 5.10 Å². The van der Waals surface area contributed by atoms with Gasteiger partial charge in [-0.05, 0) is 24.6 Å². The predicted octanol–water partition coefficient (Wildman–Crippen LogP) is 2.64. The molecule has 0 fully saturated rings. The zero-order valence-corrected chi connectivity index (χ0v) is 11.2. The molecule has 0 saturated carbocycles.